The fourth-order valence-electron chi connectivity index (χ4n) is 2.28. The Morgan fingerprint density at radius 1 is 1.15 bits per heavy atom. The number of benzene rings is 1. The van der Waals surface area contributed by atoms with E-state index in [0.29, 0.717) is 16.5 Å². The number of hydrogen-bond acceptors (Lipinski definition) is 3. The van der Waals surface area contributed by atoms with Crippen molar-refractivity contribution in [3.8, 4) is 5.69 Å². The number of anilines is 1. The normalized spacial score (nSPS) is 11.3. The molecule has 1 aromatic carbocycles. The fourth-order valence-corrected chi connectivity index (χ4v) is 2.47. The highest BCUT2D eigenvalue weighted by molar-refractivity contribution is 6.30. The Balaban J connectivity index is 1.81. The van der Waals surface area contributed by atoms with E-state index in [4.69, 9.17) is 11.6 Å². The molecule has 3 aromatic rings. The van der Waals surface area contributed by atoms with Gasteiger partial charge in [-0.2, -0.15) is 18.3 Å². The van der Waals surface area contributed by atoms with Crippen LogP contribution in [0, 0.1) is 0 Å². The minimum absolute atomic E-state index is 0.140. The van der Waals surface area contributed by atoms with Crippen LogP contribution >= 0.6 is 11.6 Å². The second-order valence-electron chi connectivity index (χ2n) is 5.43. The van der Waals surface area contributed by atoms with Crippen molar-refractivity contribution in [2.75, 3.05) is 5.32 Å². The lowest BCUT2D eigenvalue weighted by Crippen LogP contribution is -2.29. The molecular weight excluding hydrogens is 383 g/mol. The van der Waals surface area contributed by atoms with Crippen LogP contribution in [0.5, 0.6) is 0 Å². The van der Waals surface area contributed by atoms with E-state index in [1.807, 2.05) is 0 Å². The molecule has 0 aliphatic carbocycles. The molecule has 0 saturated heterocycles. The summed E-state index contributed by atoms with van der Waals surface area (Å²) < 4.78 is 40.3. The summed E-state index contributed by atoms with van der Waals surface area (Å²) in [6, 6.07) is 11.5. The summed E-state index contributed by atoms with van der Waals surface area (Å²) in [7, 11) is 0. The maximum atomic E-state index is 13.1. The first-order valence-electron chi connectivity index (χ1n) is 7.71. The molecule has 0 aliphatic heterocycles. The quantitative estimate of drug-likeness (QED) is 0.693. The van der Waals surface area contributed by atoms with Crippen molar-refractivity contribution in [3.63, 3.8) is 0 Å². The van der Waals surface area contributed by atoms with Gasteiger partial charge in [0, 0.05) is 11.2 Å². The van der Waals surface area contributed by atoms with Gasteiger partial charge in [0.15, 0.2) is 5.69 Å². The first-order chi connectivity index (χ1) is 12.8. The molecule has 0 atom stereocenters. The highest BCUT2D eigenvalue weighted by Crippen LogP contribution is 2.30. The van der Waals surface area contributed by atoms with Crippen LogP contribution < -0.4 is 10.6 Å². The van der Waals surface area contributed by atoms with Gasteiger partial charge in [-0.15, -0.1) is 0 Å². The number of carbonyl (C=O) groups excluding carboxylic acids is 1. The van der Waals surface area contributed by atoms with E-state index in [0.717, 1.165) is 10.7 Å². The summed E-state index contributed by atoms with van der Waals surface area (Å²) in [5, 5.41) is 8.92. The summed E-state index contributed by atoms with van der Waals surface area (Å²) in [6.45, 7) is -0.186. The smallest absolute Gasteiger partial charge is 0.332 e. The molecule has 2 amide bonds. The minimum atomic E-state index is -4.62. The number of rotatable bonds is 4. The molecule has 3 rings (SSSR count). The van der Waals surface area contributed by atoms with E-state index in [9.17, 15) is 18.0 Å². The Bertz CT molecular complexity index is 943. The third kappa shape index (κ3) is 4.76. The van der Waals surface area contributed by atoms with Gasteiger partial charge in [0.05, 0.1) is 17.9 Å². The molecule has 0 radical (unpaired) electrons. The van der Waals surface area contributed by atoms with Crippen molar-refractivity contribution in [1.82, 2.24) is 20.1 Å². The van der Waals surface area contributed by atoms with E-state index < -0.39 is 17.9 Å². The molecule has 140 valence electrons. The average Bonchev–Trinajstić information content (AvgIpc) is 3.05. The minimum Gasteiger partial charge on any atom is -0.332 e. The molecule has 6 nitrogen and oxygen atoms in total. The van der Waals surface area contributed by atoms with Gasteiger partial charge >= 0.3 is 12.2 Å². The van der Waals surface area contributed by atoms with E-state index >= 15 is 0 Å². The van der Waals surface area contributed by atoms with E-state index in [1.165, 1.54) is 12.3 Å². The molecule has 0 unspecified atom stereocenters. The maximum absolute atomic E-state index is 13.1. The summed E-state index contributed by atoms with van der Waals surface area (Å²) in [4.78, 5) is 15.9. The van der Waals surface area contributed by atoms with Crippen LogP contribution in [0.2, 0.25) is 5.02 Å². The molecule has 2 N–H and O–H groups in total. The number of urea groups is 1. The number of nitrogens with zero attached hydrogens (tertiary/aromatic N) is 3. The number of pyridine rings is 1. The Morgan fingerprint density at radius 2 is 1.96 bits per heavy atom. The zero-order valence-electron chi connectivity index (χ0n) is 13.7. The van der Waals surface area contributed by atoms with Gasteiger partial charge in [0.2, 0.25) is 0 Å². The van der Waals surface area contributed by atoms with Gasteiger partial charge in [0.1, 0.15) is 5.82 Å². The fraction of sp³-hybridized carbons (Fsp3) is 0.118. The molecular formula is C17H13ClF3N5O. The Labute approximate surface area is 157 Å². The average molecular weight is 396 g/mol. The number of amides is 2. The van der Waals surface area contributed by atoms with Gasteiger partial charge in [-0.1, -0.05) is 23.7 Å². The van der Waals surface area contributed by atoms with Gasteiger partial charge in [-0.05, 0) is 36.4 Å². The highest BCUT2D eigenvalue weighted by Gasteiger charge is 2.35. The highest BCUT2D eigenvalue weighted by atomic mass is 35.5. The molecule has 2 aromatic heterocycles. The number of halogens is 4. The van der Waals surface area contributed by atoms with Crippen molar-refractivity contribution in [2.45, 2.75) is 12.7 Å². The van der Waals surface area contributed by atoms with Crippen molar-refractivity contribution in [1.29, 1.82) is 0 Å². The van der Waals surface area contributed by atoms with Gasteiger partial charge in [-0.25, -0.2) is 14.5 Å². The molecule has 27 heavy (non-hydrogen) atoms. The second-order valence-corrected chi connectivity index (χ2v) is 5.87. The maximum Gasteiger partial charge on any atom is 0.435 e. The predicted molar refractivity (Wildman–Crippen MR) is 93.7 cm³/mol. The predicted octanol–water partition coefficient (Wildman–Crippen LogP) is 4.26. The Hall–Kier alpha value is -3.07. The Morgan fingerprint density at radius 3 is 2.63 bits per heavy atom. The number of hydrogen-bond donors (Lipinski definition) is 2. The lowest BCUT2D eigenvalue weighted by atomic mass is 10.3. The zero-order valence-corrected chi connectivity index (χ0v) is 14.4. The molecule has 0 spiro atoms. The monoisotopic (exact) mass is 395 g/mol. The largest absolute Gasteiger partial charge is 0.435 e. The van der Waals surface area contributed by atoms with Gasteiger partial charge in [-0.3, -0.25) is 5.32 Å². The lowest BCUT2D eigenvalue weighted by Gasteiger charge is -2.10. The summed E-state index contributed by atoms with van der Waals surface area (Å²) in [5.41, 5.74) is -0.579. The van der Waals surface area contributed by atoms with Crippen molar-refractivity contribution < 1.29 is 18.0 Å². The summed E-state index contributed by atoms with van der Waals surface area (Å²) in [5.74, 6) is 0.314. The third-order valence-corrected chi connectivity index (χ3v) is 3.70. The van der Waals surface area contributed by atoms with E-state index in [-0.39, 0.29) is 12.2 Å². The van der Waals surface area contributed by atoms with E-state index in [2.05, 4.69) is 20.7 Å². The zero-order chi connectivity index (χ0) is 19.4. The Kier molecular flexibility index (Phi) is 5.31. The molecule has 0 bridgehead atoms. The molecule has 2 heterocycles. The van der Waals surface area contributed by atoms with Crippen LogP contribution in [0.15, 0.2) is 54.7 Å². The number of carbonyl (C=O) groups is 1. The molecule has 0 saturated carbocycles. The first-order valence-corrected chi connectivity index (χ1v) is 8.09. The third-order valence-electron chi connectivity index (χ3n) is 3.46. The van der Waals surface area contributed by atoms with Gasteiger partial charge < -0.3 is 5.32 Å². The van der Waals surface area contributed by atoms with E-state index in [1.54, 1.807) is 36.4 Å². The standard InChI is InChI=1S/C17H13ClF3N5O/c18-11-4-3-5-12(8-11)26-13(9-14(25-26)17(19,20)21)10-23-16(27)24-15-6-1-2-7-22-15/h1-9H,10H2,(H2,22,23,24,27). The van der Waals surface area contributed by atoms with Crippen LogP contribution in [-0.4, -0.2) is 20.8 Å². The topological polar surface area (TPSA) is 71.8 Å². The SMILES string of the molecule is O=C(NCc1cc(C(F)(F)F)nn1-c1cccc(Cl)c1)Nc1ccccn1. The summed E-state index contributed by atoms with van der Waals surface area (Å²) >= 11 is 5.91. The van der Waals surface area contributed by atoms with Crippen molar-refractivity contribution in [2.24, 2.45) is 0 Å². The van der Waals surface area contributed by atoms with Crippen molar-refractivity contribution >= 4 is 23.4 Å². The number of nitrogens with one attached hydrogen (secondary N) is 2. The molecule has 0 aliphatic rings. The van der Waals surface area contributed by atoms with Crippen LogP contribution in [0.4, 0.5) is 23.8 Å². The first kappa shape index (κ1) is 18.7. The van der Waals surface area contributed by atoms with Gasteiger partial charge in [0.25, 0.3) is 0 Å². The lowest BCUT2D eigenvalue weighted by molar-refractivity contribution is -0.141. The summed E-state index contributed by atoms with van der Waals surface area (Å²) in [6.07, 6.45) is -3.12. The van der Waals surface area contributed by atoms with Crippen LogP contribution in [0.1, 0.15) is 11.4 Å². The number of aromatic nitrogens is 3. The molecule has 0 fully saturated rings. The van der Waals surface area contributed by atoms with Crippen molar-refractivity contribution in [3.05, 3.63) is 71.1 Å². The number of alkyl halides is 3. The second kappa shape index (κ2) is 7.67. The molecule has 10 heteroatoms. The van der Waals surface area contributed by atoms with Crippen LogP contribution in [-0.2, 0) is 12.7 Å². The van der Waals surface area contributed by atoms with Crippen LogP contribution in [0.3, 0.4) is 0 Å². The van der Waals surface area contributed by atoms with Crippen LogP contribution in [0.25, 0.3) is 5.69 Å².